The van der Waals surface area contributed by atoms with Crippen LogP contribution in [0, 0.1) is 0 Å². The lowest BCUT2D eigenvalue weighted by atomic mass is 10.1. The number of amides is 1. The standard InChI is InChI=1S/C16H20N4O2/c1-2-22-16(21)20-9-7-19(8-10-20)15-14-11-13(17)4-3-12(14)5-6-18-15/h3-6,11H,2,7-10,17H2,1H3. The summed E-state index contributed by atoms with van der Waals surface area (Å²) in [5, 5.41) is 2.17. The molecular weight excluding hydrogens is 280 g/mol. The molecule has 0 aliphatic carbocycles. The molecule has 6 heteroatoms. The zero-order valence-corrected chi connectivity index (χ0v) is 12.7. The Morgan fingerprint density at radius 1 is 1.27 bits per heavy atom. The van der Waals surface area contributed by atoms with Crippen LogP contribution in [-0.2, 0) is 4.74 Å². The van der Waals surface area contributed by atoms with Gasteiger partial charge in [0.2, 0.25) is 0 Å². The molecule has 1 aliphatic heterocycles. The fourth-order valence-corrected chi connectivity index (χ4v) is 2.74. The summed E-state index contributed by atoms with van der Waals surface area (Å²) < 4.78 is 5.04. The maximum atomic E-state index is 11.8. The molecule has 0 saturated carbocycles. The Morgan fingerprint density at radius 2 is 2.05 bits per heavy atom. The number of aromatic nitrogens is 1. The van der Waals surface area contributed by atoms with E-state index >= 15 is 0 Å². The Labute approximate surface area is 129 Å². The molecule has 1 aliphatic rings. The molecular formula is C16H20N4O2. The van der Waals surface area contributed by atoms with Gasteiger partial charge in [-0.25, -0.2) is 9.78 Å². The highest BCUT2D eigenvalue weighted by molar-refractivity contribution is 5.94. The first-order valence-corrected chi connectivity index (χ1v) is 7.50. The first-order chi connectivity index (χ1) is 10.7. The molecule has 22 heavy (non-hydrogen) atoms. The number of nitrogens with two attached hydrogens (primary N) is 1. The van der Waals surface area contributed by atoms with Crippen LogP contribution in [0.3, 0.4) is 0 Å². The fourth-order valence-electron chi connectivity index (χ4n) is 2.74. The van der Waals surface area contributed by atoms with Crippen molar-refractivity contribution in [2.45, 2.75) is 6.92 Å². The number of nitrogen functional groups attached to an aromatic ring is 1. The van der Waals surface area contributed by atoms with E-state index in [4.69, 9.17) is 10.5 Å². The van der Waals surface area contributed by atoms with Crippen molar-refractivity contribution in [1.29, 1.82) is 0 Å². The summed E-state index contributed by atoms with van der Waals surface area (Å²) in [4.78, 5) is 20.2. The van der Waals surface area contributed by atoms with Crippen LogP contribution >= 0.6 is 0 Å². The summed E-state index contributed by atoms with van der Waals surface area (Å²) in [5.74, 6) is 0.924. The second-order valence-electron chi connectivity index (χ2n) is 5.29. The largest absolute Gasteiger partial charge is 0.450 e. The summed E-state index contributed by atoms with van der Waals surface area (Å²) in [6, 6.07) is 7.83. The van der Waals surface area contributed by atoms with Crippen molar-refractivity contribution in [2.75, 3.05) is 43.4 Å². The molecule has 0 atom stereocenters. The van der Waals surface area contributed by atoms with Gasteiger partial charge in [0, 0.05) is 43.4 Å². The third-order valence-corrected chi connectivity index (χ3v) is 3.87. The lowest BCUT2D eigenvalue weighted by Crippen LogP contribution is -2.49. The number of ether oxygens (including phenoxy) is 1. The van der Waals surface area contributed by atoms with E-state index in [0.29, 0.717) is 19.7 Å². The van der Waals surface area contributed by atoms with Crippen molar-refractivity contribution >= 4 is 28.4 Å². The lowest BCUT2D eigenvalue weighted by Gasteiger charge is -2.35. The number of carbonyl (C=O) groups is 1. The summed E-state index contributed by atoms with van der Waals surface area (Å²) in [7, 11) is 0. The van der Waals surface area contributed by atoms with Crippen LogP contribution in [0.5, 0.6) is 0 Å². The summed E-state index contributed by atoms with van der Waals surface area (Å²) in [6.45, 7) is 4.97. The van der Waals surface area contributed by atoms with Crippen molar-refractivity contribution < 1.29 is 9.53 Å². The van der Waals surface area contributed by atoms with Gasteiger partial charge in [-0.2, -0.15) is 0 Å². The zero-order chi connectivity index (χ0) is 15.5. The topological polar surface area (TPSA) is 71.7 Å². The second-order valence-corrected chi connectivity index (χ2v) is 5.29. The molecule has 2 N–H and O–H groups in total. The van der Waals surface area contributed by atoms with Gasteiger partial charge in [0.25, 0.3) is 0 Å². The highest BCUT2D eigenvalue weighted by atomic mass is 16.6. The molecule has 1 fully saturated rings. The molecule has 0 spiro atoms. The SMILES string of the molecule is CCOC(=O)N1CCN(c2nccc3ccc(N)cc23)CC1. The molecule has 6 nitrogen and oxygen atoms in total. The monoisotopic (exact) mass is 300 g/mol. The van der Waals surface area contributed by atoms with Gasteiger partial charge >= 0.3 is 6.09 Å². The van der Waals surface area contributed by atoms with E-state index < -0.39 is 0 Å². The lowest BCUT2D eigenvalue weighted by molar-refractivity contribution is 0.105. The van der Waals surface area contributed by atoms with Gasteiger partial charge < -0.3 is 20.3 Å². The third-order valence-electron chi connectivity index (χ3n) is 3.87. The minimum atomic E-state index is -0.239. The van der Waals surface area contributed by atoms with E-state index in [1.54, 1.807) is 4.90 Å². The zero-order valence-electron chi connectivity index (χ0n) is 12.7. The van der Waals surface area contributed by atoms with Crippen molar-refractivity contribution in [2.24, 2.45) is 0 Å². The molecule has 1 saturated heterocycles. The number of benzene rings is 1. The minimum Gasteiger partial charge on any atom is -0.450 e. The van der Waals surface area contributed by atoms with Gasteiger partial charge in [-0.05, 0) is 30.5 Å². The Morgan fingerprint density at radius 3 is 2.77 bits per heavy atom. The molecule has 2 heterocycles. The van der Waals surface area contributed by atoms with Crippen molar-refractivity contribution in [3.8, 4) is 0 Å². The van der Waals surface area contributed by atoms with Crippen LogP contribution in [0.1, 0.15) is 6.92 Å². The Hall–Kier alpha value is -2.50. The fraction of sp³-hybridized carbons (Fsp3) is 0.375. The van der Waals surface area contributed by atoms with Crippen molar-refractivity contribution in [1.82, 2.24) is 9.88 Å². The van der Waals surface area contributed by atoms with Crippen LogP contribution in [0.25, 0.3) is 10.8 Å². The molecule has 1 amide bonds. The van der Waals surface area contributed by atoms with Gasteiger partial charge in [-0.1, -0.05) is 6.07 Å². The predicted molar refractivity (Wildman–Crippen MR) is 87.0 cm³/mol. The van der Waals surface area contributed by atoms with E-state index in [1.807, 2.05) is 37.4 Å². The number of carbonyl (C=O) groups excluding carboxylic acids is 1. The highest BCUT2D eigenvalue weighted by Gasteiger charge is 2.23. The maximum Gasteiger partial charge on any atom is 0.409 e. The van der Waals surface area contributed by atoms with Crippen LogP contribution in [0.15, 0.2) is 30.5 Å². The number of hydrogen-bond acceptors (Lipinski definition) is 5. The number of pyridine rings is 1. The molecule has 2 aromatic rings. The predicted octanol–water partition coefficient (Wildman–Crippen LogP) is 2.10. The summed E-state index contributed by atoms with van der Waals surface area (Å²) in [5.41, 5.74) is 6.63. The Balaban J connectivity index is 1.79. The molecule has 0 radical (unpaired) electrons. The molecule has 1 aromatic heterocycles. The average Bonchev–Trinajstić information content (AvgIpc) is 2.54. The number of rotatable bonds is 2. The van der Waals surface area contributed by atoms with E-state index in [9.17, 15) is 4.79 Å². The minimum absolute atomic E-state index is 0.239. The second kappa shape index (κ2) is 6.09. The number of piperazine rings is 1. The smallest absolute Gasteiger partial charge is 0.409 e. The molecule has 3 rings (SSSR count). The Bertz CT molecular complexity index is 681. The van der Waals surface area contributed by atoms with Gasteiger partial charge in [0.1, 0.15) is 5.82 Å². The Kier molecular flexibility index (Phi) is 4.00. The average molecular weight is 300 g/mol. The van der Waals surface area contributed by atoms with Crippen molar-refractivity contribution in [3.63, 3.8) is 0 Å². The van der Waals surface area contributed by atoms with Gasteiger partial charge in [-0.3, -0.25) is 0 Å². The van der Waals surface area contributed by atoms with Crippen molar-refractivity contribution in [3.05, 3.63) is 30.5 Å². The molecule has 116 valence electrons. The number of anilines is 2. The molecule has 0 bridgehead atoms. The van der Waals surface area contributed by atoms with Crippen LogP contribution in [-0.4, -0.2) is 48.8 Å². The number of fused-ring (bicyclic) bond motifs is 1. The number of nitrogens with zero attached hydrogens (tertiary/aromatic N) is 3. The van der Waals surface area contributed by atoms with E-state index in [-0.39, 0.29) is 6.09 Å². The number of hydrogen-bond donors (Lipinski definition) is 1. The van der Waals surface area contributed by atoms with Crippen LogP contribution < -0.4 is 10.6 Å². The van der Waals surface area contributed by atoms with Crippen LogP contribution in [0.2, 0.25) is 0 Å². The normalized spacial score (nSPS) is 15.1. The molecule has 1 aromatic carbocycles. The quantitative estimate of drug-likeness (QED) is 0.860. The van der Waals surface area contributed by atoms with E-state index in [0.717, 1.165) is 35.4 Å². The third kappa shape index (κ3) is 2.77. The van der Waals surface area contributed by atoms with Gasteiger partial charge in [0.15, 0.2) is 0 Å². The highest BCUT2D eigenvalue weighted by Crippen LogP contribution is 2.27. The summed E-state index contributed by atoms with van der Waals surface area (Å²) >= 11 is 0. The van der Waals surface area contributed by atoms with Crippen LogP contribution in [0.4, 0.5) is 16.3 Å². The molecule has 0 unspecified atom stereocenters. The van der Waals surface area contributed by atoms with Gasteiger partial charge in [-0.15, -0.1) is 0 Å². The van der Waals surface area contributed by atoms with E-state index in [2.05, 4.69) is 9.88 Å². The summed E-state index contributed by atoms with van der Waals surface area (Å²) in [6.07, 6.45) is 1.57. The van der Waals surface area contributed by atoms with Gasteiger partial charge in [0.05, 0.1) is 6.61 Å². The first-order valence-electron chi connectivity index (χ1n) is 7.50. The maximum absolute atomic E-state index is 11.8. The first kappa shape index (κ1) is 14.4. The van der Waals surface area contributed by atoms with E-state index in [1.165, 1.54) is 0 Å².